The summed E-state index contributed by atoms with van der Waals surface area (Å²) in [7, 11) is 0. The molecular formula is C19H38O. The first-order valence-electron chi connectivity index (χ1n) is 9.40. The van der Waals surface area contributed by atoms with E-state index in [2.05, 4.69) is 20.8 Å². The highest BCUT2D eigenvalue weighted by Gasteiger charge is 2.50. The maximum Gasteiger partial charge on any atom is 0.0920 e. The van der Waals surface area contributed by atoms with Gasteiger partial charge in [0.2, 0.25) is 0 Å². The summed E-state index contributed by atoms with van der Waals surface area (Å²) in [6.07, 6.45) is 20.0. The van der Waals surface area contributed by atoms with Gasteiger partial charge in [-0.05, 0) is 19.8 Å². The largest absolute Gasteiger partial charge is 0.366 e. The van der Waals surface area contributed by atoms with Gasteiger partial charge in [-0.25, -0.2) is 0 Å². The van der Waals surface area contributed by atoms with Crippen LogP contribution in [0.15, 0.2) is 0 Å². The number of unbranched alkanes of at least 4 members (excludes halogenated alkanes) is 10. The van der Waals surface area contributed by atoms with E-state index in [-0.39, 0.29) is 5.60 Å². The minimum absolute atomic E-state index is 0.259. The molecule has 0 radical (unpaired) electrons. The Balaban J connectivity index is 1.86. The van der Waals surface area contributed by atoms with Crippen molar-refractivity contribution in [3.63, 3.8) is 0 Å². The molecule has 1 fully saturated rings. The third-order valence-electron chi connectivity index (χ3n) is 4.88. The van der Waals surface area contributed by atoms with Crippen molar-refractivity contribution < 1.29 is 4.74 Å². The van der Waals surface area contributed by atoms with Crippen molar-refractivity contribution >= 4 is 0 Å². The summed E-state index contributed by atoms with van der Waals surface area (Å²) in [5.74, 6) is 0. The zero-order valence-corrected chi connectivity index (χ0v) is 14.4. The molecule has 0 amide bonds. The topological polar surface area (TPSA) is 12.5 Å². The monoisotopic (exact) mass is 282 g/mol. The molecule has 0 N–H and O–H groups in total. The van der Waals surface area contributed by atoms with Crippen LogP contribution in [0.3, 0.4) is 0 Å². The van der Waals surface area contributed by atoms with E-state index < -0.39 is 0 Å². The van der Waals surface area contributed by atoms with Gasteiger partial charge in [-0.3, -0.25) is 0 Å². The molecule has 0 saturated carbocycles. The minimum atomic E-state index is 0.259. The van der Waals surface area contributed by atoms with Crippen LogP contribution in [0.4, 0.5) is 0 Å². The fraction of sp³-hybridized carbons (Fsp3) is 1.00. The van der Waals surface area contributed by atoms with Crippen LogP contribution in [0, 0.1) is 0 Å². The van der Waals surface area contributed by atoms with Gasteiger partial charge in [0.25, 0.3) is 0 Å². The van der Waals surface area contributed by atoms with E-state index in [4.69, 9.17) is 4.74 Å². The van der Waals surface area contributed by atoms with Crippen molar-refractivity contribution in [1.29, 1.82) is 0 Å². The molecule has 20 heavy (non-hydrogen) atoms. The molecule has 1 heterocycles. The molecule has 1 aliphatic heterocycles. The highest BCUT2D eigenvalue weighted by atomic mass is 16.6. The number of hydrogen-bond donors (Lipinski definition) is 0. The molecule has 0 spiro atoms. The molecule has 0 aromatic heterocycles. The lowest BCUT2D eigenvalue weighted by Gasteiger charge is -2.06. The fourth-order valence-electron chi connectivity index (χ4n) is 3.24. The lowest BCUT2D eigenvalue weighted by molar-refractivity contribution is 0.287. The normalized spacial score (nSPS) is 25.1. The van der Waals surface area contributed by atoms with E-state index in [9.17, 15) is 0 Å². The lowest BCUT2D eigenvalue weighted by Crippen LogP contribution is -2.09. The molecule has 2 atom stereocenters. The van der Waals surface area contributed by atoms with Crippen LogP contribution in [0.5, 0.6) is 0 Å². The Morgan fingerprint density at radius 3 is 1.80 bits per heavy atom. The predicted molar refractivity (Wildman–Crippen MR) is 89.3 cm³/mol. The average Bonchev–Trinajstić information content (AvgIpc) is 3.09. The summed E-state index contributed by atoms with van der Waals surface area (Å²) in [6, 6.07) is 0. The highest BCUT2D eigenvalue weighted by Crippen LogP contribution is 2.43. The van der Waals surface area contributed by atoms with E-state index in [0.29, 0.717) is 6.10 Å². The van der Waals surface area contributed by atoms with Gasteiger partial charge in [0.05, 0.1) is 11.7 Å². The van der Waals surface area contributed by atoms with Crippen molar-refractivity contribution in [1.82, 2.24) is 0 Å². The standard InChI is InChI=1S/C19H38O/c1-4-6-8-10-11-12-13-14-16-18-19(3,20-18)17-15-9-7-5-2/h18H,4-17H2,1-3H3. The van der Waals surface area contributed by atoms with Gasteiger partial charge in [0, 0.05) is 0 Å². The SMILES string of the molecule is CCCCCCCCCCC1OC1(C)CCCCCC. The van der Waals surface area contributed by atoms with Crippen molar-refractivity contribution in [2.45, 2.75) is 122 Å². The van der Waals surface area contributed by atoms with Crippen LogP contribution in [-0.4, -0.2) is 11.7 Å². The summed E-state index contributed by atoms with van der Waals surface area (Å²) in [5.41, 5.74) is 0.259. The Morgan fingerprint density at radius 2 is 1.20 bits per heavy atom. The van der Waals surface area contributed by atoms with Gasteiger partial charge in [-0.15, -0.1) is 0 Å². The van der Waals surface area contributed by atoms with Gasteiger partial charge in [0.1, 0.15) is 0 Å². The molecule has 1 heteroatoms. The van der Waals surface area contributed by atoms with E-state index in [1.807, 2.05) is 0 Å². The summed E-state index contributed by atoms with van der Waals surface area (Å²) in [5, 5.41) is 0. The van der Waals surface area contributed by atoms with Gasteiger partial charge in [-0.1, -0.05) is 90.9 Å². The molecular weight excluding hydrogens is 244 g/mol. The second kappa shape index (κ2) is 10.7. The van der Waals surface area contributed by atoms with Gasteiger partial charge in [-0.2, -0.15) is 0 Å². The third kappa shape index (κ3) is 7.67. The fourth-order valence-corrected chi connectivity index (χ4v) is 3.24. The zero-order valence-electron chi connectivity index (χ0n) is 14.4. The Morgan fingerprint density at radius 1 is 0.700 bits per heavy atom. The van der Waals surface area contributed by atoms with Crippen LogP contribution in [0.25, 0.3) is 0 Å². The van der Waals surface area contributed by atoms with Crippen LogP contribution in [-0.2, 0) is 4.74 Å². The Labute approximate surface area is 127 Å². The van der Waals surface area contributed by atoms with Gasteiger partial charge in [0.15, 0.2) is 0 Å². The first-order chi connectivity index (χ1) is 9.73. The van der Waals surface area contributed by atoms with Crippen LogP contribution in [0.1, 0.15) is 111 Å². The molecule has 1 nitrogen and oxygen atoms in total. The Hall–Kier alpha value is -0.0400. The third-order valence-corrected chi connectivity index (χ3v) is 4.88. The second-order valence-corrected chi connectivity index (χ2v) is 6.99. The molecule has 0 aromatic rings. The molecule has 120 valence electrons. The molecule has 1 aliphatic rings. The summed E-state index contributed by atoms with van der Waals surface area (Å²) in [6.45, 7) is 6.89. The quantitative estimate of drug-likeness (QED) is 0.257. The van der Waals surface area contributed by atoms with Crippen molar-refractivity contribution in [2.75, 3.05) is 0 Å². The van der Waals surface area contributed by atoms with Crippen LogP contribution < -0.4 is 0 Å². The van der Waals surface area contributed by atoms with Gasteiger partial charge < -0.3 is 4.74 Å². The average molecular weight is 283 g/mol. The smallest absolute Gasteiger partial charge is 0.0920 e. The lowest BCUT2D eigenvalue weighted by atomic mass is 9.96. The summed E-state index contributed by atoms with van der Waals surface area (Å²) < 4.78 is 5.94. The van der Waals surface area contributed by atoms with Crippen molar-refractivity contribution in [3.8, 4) is 0 Å². The number of ether oxygens (including phenoxy) is 1. The maximum atomic E-state index is 5.94. The van der Waals surface area contributed by atoms with E-state index in [0.717, 1.165) is 0 Å². The van der Waals surface area contributed by atoms with E-state index in [1.54, 1.807) is 0 Å². The minimum Gasteiger partial charge on any atom is -0.366 e. The molecule has 0 aromatic carbocycles. The molecule has 0 aliphatic carbocycles. The maximum absolute atomic E-state index is 5.94. The molecule has 1 saturated heterocycles. The first-order valence-corrected chi connectivity index (χ1v) is 9.40. The van der Waals surface area contributed by atoms with Crippen LogP contribution in [0.2, 0.25) is 0 Å². The molecule has 1 rings (SSSR count). The first kappa shape index (κ1) is 18.0. The summed E-state index contributed by atoms with van der Waals surface area (Å²) >= 11 is 0. The zero-order chi connectivity index (χ0) is 14.7. The number of hydrogen-bond acceptors (Lipinski definition) is 1. The summed E-state index contributed by atoms with van der Waals surface area (Å²) in [4.78, 5) is 0. The van der Waals surface area contributed by atoms with E-state index >= 15 is 0 Å². The Kier molecular flexibility index (Phi) is 9.59. The van der Waals surface area contributed by atoms with E-state index in [1.165, 1.54) is 89.9 Å². The second-order valence-electron chi connectivity index (χ2n) is 6.99. The number of epoxide rings is 1. The van der Waals surface area contributed by atoms with Gasteiger partial charge >= 0.3 is 0 Å². The van der Waals surface area contributed by atoms with Crippen LogP contribution >= 0.6 is 0 Å². The highest BCUT2D eigenvalue weighted by molar-refractivity contribution is 4.98. The predicted octanol–water partition coefficient (Wildman–Crippen LogP) is 6.65. The van der Waals surface area contributed by atoms with Crippen molar-refractivity contribution in [2.24, 2.45) is 0 Å². The molecule has 2 unspecified atom stereocenters. The van der Waals surface area contributed by atoms with Crippen molar-refractivity contribution in [3.05, 3.63) is 0 Å². The number of rotatable bonds is 14. The Bertz CT molecular complexity index is 226. The molecule has 0 bridgehead atoms.